The highest BCUT2D eigenvalue weighted by Crippen LogP contribution is 2.27. The first kappa shape index (κ1) is 23.9. The summed E-state index contributed by atoms with van der Waals surface area (Å²) in [5.74, 6) is 0.681. The van der Waals surface area contributed by atoms with Crippen LogP contribution in [0.5, 0.6) is 0 Å². The SMILES string of the molecule is Cc1nn(-c2ccc(Cl)c(Cl)c2)c(C)c1CC(=O)NC(c1nc(-c2ccncc2)no1)C(C)C. The predicted octanol–water partition coefficient (Wildman–Crippen LogP) is 5.30. The lowest BCUT2D eigenvalue weighted by Crippen LogP contribution is -2.33. The number of benzene rings is 1. The molecule has 0 fully saturated rings. The van der Waals surface area contributed by atoms with Gasteiger partial charge in [-0.05, 0) is 50.1 Å². The molecule has 3 aromatic heterocycles. The molecule has 0 aliphatic rings. The Kier molecular flexibility index (Phi) is 7.00. The van der Waals surface area contributed by atoms with E-state index in [-0.39, 0.29) is 18.2 Å². The largest absolute Gasteiger partial charge is 0.344 e. The average molecular weight is 499 g/mol. The van der Waals surface area contributed by atoms with Crippen molar-refractivity contribution in [2.24, 2.45) is 5.92 Å². The fraction of sp³-hybridized carbons (Fsp3) is 0.292. The number of carbonyl (C=O) groups excluding carboxylic acids is 1. The number of pyridine rings is 1. The molecule has 0 aliphatic carbocycles. The standard InChI is InChI=1S/C24H24Cl2N6O2/c1-13(2)22(24-29-23(31-34-24)16-7-9-27-10-8-16)28-21(33)12-18-14(3)30-32(15(18)4)17-5-6-19(25)20(26)11-17/h5-11,13,22H,12H2,1-4H3,(H,28,33). The van der Waals surface area contributed by atoms with Gasteiger partial charge in [-0.25, -0.2) is 4.68 Å². The van der Waals surface area contributed by atoms with Crippen molar-refractivity contribution in [1.82, 2.24) is 30.2 Å². The number of rotatable bonds is 7. The van der Waals surface area contributed by atoms with Crippen LogP contribution in [0.2, 0.25) is 10.0 Å². The van der Waals surface area contributed by atoms with E-state index >= 15 is 0 Å². The van der Waals surface area contributed by atoms with Crippen LogP contribution in [0.3, 0.4) is 0 Å². The molecule has 0 spiro atoms. The molecule has 10 heteroatoms. The molecule has 1 unspecified atom stereocenters. The van der Waals surface area contributed by atoms with Crippen molar-refractivity contribution in [3.05, 3.63) is 75.6 Å². The van der Waals surface area contributed by atoms with Crippen molar-refractivity contribution < 1.29 is 9.32 Å². The lowest BCUT2D eigenvalue weighted by Gasteiger charge is -2.18. The Labute approximate surface area is 207 Å². The number of hydrogen-bond donors (Lipinski definition) is 1. The number of nitrogens with one attached hydrogen (secondary N) is 1. The molecular weight excluding hydrogens is 475 g/mol. The molecule has 1 N–H and O–H groups in total. The van der Waals surface area contributed by atoms with Crippen molar-refractivity contribution in [1.29, 1.82) is 0 Å². The fourth-order valence-electron chi connectivity index (χ4n) is 3.68. The van der Waals surface area contributed by atoms with Gasteiger partial charge in [-0.3, -0.25) is 9.78 Å². The number of halogens is 2. The van der Waals surface area contributed by atoms with Gasteiger partial charge in [0.25, 0.3) is 0 Å². The van der Waals surface area contributed by atoms with Crippen LogP contribution in [0.15, 0.2) is 47.2 Å². The van der Waals surface area contributed by atoms with Crippen LogP contribution in [-0.2, 0) is 11.2 Å². The first-order valence-corrected chi connectivity index (χ1v) is 11.5. The van der Waals surface area contributed by atoms with Crippen LogP contribution in [0.4, 0.5) is 0 Å². The van der Waals surface area contributed by atoms with Crippen molar-refractivity contribution in [3.8, 4) is 17.1 Å². The van der Waals surface area contributed by atoms with Gasteiger partial charge in [0, 0.05) is 29.2 Å². The van der Waals surface area contributed by atoms with E-state index in [0.717, 1.165) is 28.2 Å². The summed E-state index contributed by atoms with van der Waals surface area (Å²) in [7, 11) is 0. The summed E-state index contributed by atoms with van der Waals surface area (Å²) in [6.07, 6.45) is 3.49. The highest BCUT2D eigenvalue weighted by molar-refractivity contribution is 6.42. The highest BCUT2D eigenvalue weighted by Gasteiger charge is 2.26. The zero-order valence-corrected chi connectivity index (χ0v) is 20.7. The second kappa shape index (κ2) is 9.95. The Morgan fingerprint density at radius 3 is 2.53 bits per heavy atom. The van der Waals surface area contributed by atoms with Gasteiger partial charge < -0.3 is 9.84 Å². The zero-order chi connectivity index (χ0) is 24.4. The van der Waals surface area contributed by atoms with Crippen molar-refractivity contribution >= 4 is 29.1 Å². The Morgan fingerprint density at radius 2 is 1.85 bits per heavy atom. The number of hydrogen-bond acceptors (Lipinski definition) is 6. The van der Waals surface area contributed by atoms with E-state index in [1.165, 1.54) is 0 Å². The zero-order valence-electron chi connectivity index (χ0n) is 19.2. The van der Waals surface area contributed by atoms with Crippen LogP contribution in [0, 0.1) is 19.8 Å². The number of amides is 1. The van der Waals surface area contributed by atoms with Crippen LogP contribution in [0.25, 0.3) is 17.1 Å². The Hall–Kier alpha value is -3.23. The number of aromatic nitrogens is 5. The number of aryl methyl sites for hydroxylation is 1. The van der Waals surface area contributed by atoms with Crippen molar-refractivity contribution in [2.45, 2.75) is 40.2 Å². The maximum atomic E-state index is 13.0. The molecule has 0 aliphatic heterocycles. The molecule has 4 rings (SSSR count). The Balaban J connectivity index is 1.53. The minimum Gasteiger partial charge on any atom is -0.344 e. The third kappa shape index (κ3) is 4.98. The molecule has 0 saturated carbocycles. The molecule has 0 radical (unpaired) electrons. The summed E-state index contributed by atoms with van der Waals surface area (Å²) in [5, 5.41) is 12.6. The fourth-order valence-corrected chi connectivity index (χ4v) is 3.97. The van der Waals surface area contributed by atoms with Gasteiger partial charge in [0.1, 0.15) is 6.04 Å². The van der Waals surface area contributed by atoms with E-state index in [1.807, 2.05) is 33.8 Å². The predicted molar refractivity (Wildman–Crippen MR) is 130 cm³/mol. The molecule has 1 atom stereocenters. The molecule has 0 saturated heterocycles. The lowest BCUT2D eigenvalue weighted by molar-refractivity contribution is -0.121. The van der Waals surface area contributed by atoms with E-state index in [1.54, 1.807) is 41.3 Å². The van der Waals surface area contributed by atoms with E-state index in [9.17, 15) is 4.79 Å². The van der Waals surface area contributed by atoms with Crippen LogP contribution in [-0.4, -0.2) is 30.8 Å². The smallest absolute Gasteiger partial charge is 0.249 e. The molecule has 176 valence electrons. The summed E-state index contributed by atoms with van der Waals surface area (Å²) in [5.41, 5.74) is 4.02. The second-order valence-corrected chi connectivity index (χ2v) is 9.13. The average Bonchev–Trinajstić information content (AvgIpc) is 3.40. The third-order valence-corrected chi connectivity index (χ3v) is 6.29. The van der Waals surface area contributed by atoms with Gasteiger partial charge in [-0.1, -0.05) is 42.2 Å². The monoisotopic (exact) mass is 498 g/mol. The van der Waals surface area contributed by atoms with E-state index < -0.39 is 6.04 Å². The third-order valence-electron chi connectivity index (χ3n) is 5.56. The van der Waals surface area contributed by atoms with Gasteiger partial charge in [0.05, 0.1) is 27.8 Å². The summed E-state index contributed by atoms with van der Waals surface area (Å²) in [6, 6.07) is 8.48. The summed E-state index contributed by atoms with van der Waals surface area (Å²) in [6.45, 7) is 7.77. The van der Waals surface area contributed by atoms with Gasteiger partial charge >= 0.3 is 0 Å². The summed E-state index contributed by atoms with van der Waals surface area (Å²) in [4.78, 5) is 21.5. The Morgan fingerprint density at radius 1 is 1.12 bits per heavy atom. The highest BCUT2D eigenvalue weighted by atomic mass is 35.5. The van der Waals surface area contributed by atoms with E-state index in [0.29, 0.717) is 21.8 Å². The first-order chi connectivity index (χ1) is 16.2. The molecule has 1 aromatic carbocycles. The second-order valence-electron chi connectivity index (χ2n) is 8.32. The first-order valence-electron chi connectivity index (χ1n) is 10.8. The quantitative estimate of drug-likeness (QED) is 0.371. The van der Waals surface area contributed by atoms with Crippen molar-refractivity contribution in [3.63, 3.8) is 0 Å². The van der Waals surface area contributed by atoms with Gasteiger partial charge in [-0.15, -0.1) is 0 Å². The molecule has 4 aromatic rings. The number of carbonyl (C=O) groups is 1. The maximum absolute atomic E-state index is 13.0. The molecule has 1 amide bonds. The normalized spacial score (nSPS) is 12.2. The Bertz CT molecular complexity index is 1320. The summed E-state index contributed by atoms with van der Waals surface area (Å²) < 4.78 is 7.25. The summed E-state index contributed by atoms with van der Waals surface area (Å²) >= 11 is 12.2. The number of nitrogens with zero attached hydrogens (tertiary/aromatic N) is 5. The van der Waals surface area contributed by atoms with Crippen LogP contribution >= 0.6 is 23.2 Å². The van der Waals surface area contributed by atoms with E-state index in [2.05, 4.69) is 25.5 Å². The van der Waals surface area contributed by atoms with E-state index in [4.69, 9.17) is 27.7 Å². The van der Waals surface area contributed by atoms with Gasteiger partial charge in [0.2, 0.25) is 17.6 Å². The van der Waals surface area contributed by atoms with Crippen molar-refractivity contribution in [2.75, 3.05) is 0 Å². The minimum atomic E-state index is -0.429. The minimum absolute atomic E-state index is 0.0378. The lowest BCUT2D eigenvalue weighted by atomic mass is 10.0. The van der Waals surface area contributed by atoms with Gasteiger partial charge in [-0.2, -0.15) is 10.1 Å². The molecule has 0 bridgehead atoms. The molecule has 34 heavy (non-hydrogen) atoms. The molecule has 3 heterocycles. The molecule has 8 nitrogen and oxygen atoms in total. The van der Waals surface area contributed by atoms with Crippen LogP contribution < -0.4 is 5.32 Å². The maximum Gasteiger partial charge on any atom is 0.249 e. The molecular formula is C24H24Cl2N6O2. The topological polar surface area (TPSA) is 98.7 Å². The van der Waals surface area contributed by atoms with Crippen LogP contribution in [0.1, 0.15) is 42.7 Å². The van der Waals surface area contributed by atoms with Gasteiger partial charge in [0.15, 0.2) is 0 Å².